The molecule has 0 spiro atoms. The van der Waals surface area contributed by atoms with Crippen LogP contribution in [0.3, 0.4) is 0 Å². The predicted molar refractivity (Wildman–Crippen MR) is 68.0 cm³/mol. The first-order chi connectivity index (χ1) is 8.15. The summed E-state index contributed by atoms with van der Waals surface area (Å²) in [4.78, 5) is 11.6. The Bertz CT molecular complexity index is 417. The maximum atomic E-state index is 11.6. The molecular formula is C12H21NO4S. The fourth-order valence-corrected chi connectivity index (χ4v) is 5.19. The molecule has 5 nitrogen and oxygen atoms in total. The Balaban J connectivity index is 1.84. The smallest absolute Gasteiger partial charge is 0.407 e. The quantitative estimate of drug-likeness (QED) is 0.783. The van der Waals surface area contributed by atoms with E-state index in [0.29, 0.717) is 0 Å². The van der Waals surface area contributed by atoms with Crippen LogP contribution in [0.25, 0.3) is 0 Å². The van der Waals surface area contributed by atoms with E-state index in [4.69, 9.17) is 4.74 Å². The van der Waals surface area contributed by atoms with Gasteiger partial charge in [-0.2, -0.15) is 0 Å². The summed E-state index contributed by atoms with van der Waals surface area (Å²) in [6.45, 7) is 5.47. The predicted octanol–water partition coefficient (Wildman–Crippen LogP) is 1.33. The number of rotatable bonds is 1. The average molecular weight is 275 g/mol. The van der Waals surface area contributed by atoms with Gasteiger partial charge >= 0.3 is 6.09 Å². The van der Waals surface area contributed by atoms with E-state index in [0.717, 1.165) is 12.8 Å². The fourth-order valence-electron chi connectivity index (χ4n) is 2.93. The number of amides is 1. The fraction of sp³-hybridized carbons (Fsp3) is 0.917. The molecule has 2 fully saturated rings. The van der Waals surface area contributed by atoms with Crippen LogP contribution in [0.4, 0.5) is 4.79 Å². The van der Waals surface area contributed by atoms with Crippen molar-refractivity contribution in [2.75, 3.05) is 11.5 Å². The third-order valence-corrected chi connectivity index (χ3v) is 5.37. The summed E-state index contributed by atoms with van der Waals surface area (Å²) in [5, 5.41) is 2.84. The molecular weight excluding hydrogens is 254 g/mol. The maximum Gasteiger partial charge on any atom is 0.407 e. The van der Waals surface area contributed by atoms with Gasteiger partial charge in [0.15, 0.2) is 9.84 Å². The highest BCUT2D eigenvalue weighted by Gasteiger charge is 2.44. The van der Waals surface area contributed by atoms with Crippen LogP contribution in [-0.4, -0.2) is 37.7 Å². The van der Waals surface area contributed by atoms with Crippen molar-refractivity contribution in [3.05, 3.63) is 0 Å². The standard InChI is InChI=1S/C12H21NO4S/c1-12(2,3)17-11(14)13-10-4-8-6-18(15,16)7-9(8)5-10/h8-10H,4-7H2,1-3H3,(H,13,14)/t8-,9+,10?. The minimum atomic E-state index is -2.83. The molecule has 0 aromatic rings. The van der Waals surface area contributed by atoms with E-state index in [9.17, 15) is 13.2 Å². The van der Waals surface area contributed by atoms with Gasteiger partial charge in [-0.1, -0.05) is 0 Å². The lowest BCUT2D eigenvalue weighted by Gasteiger charge is -2.22. The molecule has 1 amide bonds. The minimum Gasteiger partial charge on any atom is -0.444 e. The number of carbonyl (C=O) groups is 1. The molecule has 2 aliphatic rings. The molecule has 0 bridgehead atoms. The topological polar surface area (TPSA) is 72.5 Å². The number of fused-ring (bicyclic) bond motifs is 1. The van der Waals surface area contributed by atoms with Crippen LogP contribution in [0.15, 0.2) is 0 Å². The second-order valence-corrected chi connectivity index (χ2v) is 8.57. The molecule has 1 unspecified atom stereocenters. The Morgan fingerprint density at radius 1 is 1.17 bits per heavy atom. The molecule has 18 heavy (non-hydrogen) atoms. The normalized spacial score (nSPS) is 34.1. The van der Waals surface area contributed by atoms with Crippen LogP contribution >= 0.6 is 0 Å². The van der Waals surface area contributed by atoms with Crippen LogP contribution in [0.5, 0.6) is 0 Å². The SMILES string of the molecule is CC(C)(C)OC(=O)NC1C[C@@H]2CS(=O)(=O)C[C@@H]2C1. The van der Waals surface area contributed by atoms with Crippen molar-refractivity contribution in [1.29, 1.82) is 0 Å². The van der Waals surface area contributed by atoms with Gasteiger partial charge in [-0.05, 0) is 45.4 Å². The third-order valence-electron chi connectivity index (χ3n) is 3.50. The minimum absolute atomic E-state index is 0.0605. The summed E-state index contributed by atoms with van der Waals surface area (Å²) in [6, 6.07) is 0.0605. The van der Waals surface area contributed by atoms with Crippen LogP contribution in [-0.2, 0) is 14.6 Å². The molecule has 0 radical (unpaired) electrons. The first kappa shape index (κ1) is 13.6. The molecule has 6 heteroatoms. The molecule has 1 aliphatic heterocycles. The van der Waals surface area contributed by atoms with E-state index >= 15 is 0 Å². The van der Waals surface area contributed by atoms with Crippen LogP contribution in [0.1, 0.15) is 33.6 Å². The second-order valence-electron chi connectivity index (χ2n) is 6.41. The average Bonchev–Trinajstić information content (AvgIpc) is 2.52. The van der Waals surface area contributed by atoms with Crippen molar-refractivity contribution in [3.8, 4) is 0 Å². The zero-order valence-electron chi connectivity index (χ0n) is 11.1. The number of nitrogens with one attached hydrogen (secondary N) is 1. The zero-order chi connectivity index (χ0) is 13.6. The zero-order valence-corrected chi connectivity index (χ0v) is 11.9. The number of alkyl carbamates (subject to hydrolysis) is 1. The lowest BCUT2D eigenvalue weighted by Crippen LogP contribution is -2.38. The largest absolute Gasteiger partial charge is 0.444 e. The van der Waals surface area contributed by atoms with E-state index < -0.39 is 21.5 Å². The molecule has 1 saturated carbocycles. The number of hydrogen-bond acceptors (Lipinski definition) is 4. The van der Waals surface area contributed by atoms with E-state index in [2.05, 4.69) is 5.32 Å². The Hall–Kier alpha value is -0.780. The van der Waals surface area contributed by atoms with Gasteiger partial charge in [0.25, 0.3) is 0 Å². The molecule has 2 rings (SSSR count). The van der Waals surface area contributed by atoms with E-state index in [1.54, 1.807) is 0 Å². The molecule has 3 atom stereocenters. The Kier molecular flexibility index (Phi) is 3.34. The summed E-state index contributed by atoms with van der Waals surface area (Å²) < 4.78 is 28.1. The first-order valence-electron chi connectivity index (χ1n) is 6.34. The lowest BCUT2D eigenvalue weighted by molar-refractivity contribution is 0.0504. The summed E-state index contributed by atoms with van der Waals surface area (Å²) >= 11 is 0. The van der Waals surface area contributed by atoms with E-state index in [1.165, 1.54) is 0 Å². The number of carbonyl (C=O) groups excluding carboxylic acids is 1. The summed E-state index contributed by atoms with van der Waals surface area (Å²) in [5.41, 5.74) is -0.498. The molecule has 1 heterocycles. The summed E-state index contributed by atoms with van der Waals surface area (Å²) in [5.74, 6) is 0.999. The van der Waals surface area contributed by atoms with Crippen molar-refractivity contribution >= 4 is 15.9 Å². The number of ether oxygens (including phenoxy) is 1. The Labute approximate surface area is 108 Å². The van der Waals surface area contributed by atoms with Crippen molar-refractivity contribution in [1.82, 2.24) is 5.32 Å². The highest BCUT2D eigenvalue weighted by atomic mass is 32.2. The molecule has 0 aromatic heterocycles. The van der Waals surface area contributed by atoms with Gasteiger partial charge in [0.05, 0.1) is 11.5 Å². The summed E-state index contributed by atoms with van der Waals surface area (Å²) in [6.07, 6.45) is 1.10. The van der Waals surface area contributed by atoms with Crippen LogP contribution in [0.2, 0.25) is 0 Å². The Morgan fingerprint density at radius 3 is 2.11 bits per heavy atom. The first-order valence-corrected chi connectivity index (χ1v) is 8.17. The van der Waals surface area contributed by atoms with E-state index in [-0.39, 0.29) is 29.4 Å². The van der Waals surface area contributed by atoms with Gasteiger partial charge in [-0.25, -0.2) is 13.2 Å². The van der Waals surface area contributed by atoms with Gasteiger partial charge in [-0.15, -0.1) is 0 Å². The van der Waals surface area contributed by atoms with Crippen LogP contribution < -0.4 is 5.32 Å². The van der Waals surface area contributed by atoms with Crippen molar-refractivity contribution in [2.45, 2.75) is 45.3 Å². The highest BCUT2D eigenvalue weighted by molar-refractivity contribution is 7.91. The van der Waals surface area contributed by atoms with Gasteiger partial charge in [0.2, 0.25) is 0 Å². The number of sulfone groups is 1. The van der Waals surface area contributed by atoms with Gasteiger partial charge < -0.3 is 10.1 Å². The second kappa shape index (κ2) is 4.40. The molecule has 1 saturated heterocycles. The monoisotopic (exact) mass is 275 g/mol. The number of hydrogen-bond donors (Lipinski definition) is 1. The van der Waals surface area contributed by atoms with E-state index in [1.807, 2.05) is 20.8 Å². The highest BCUT2D eigenvalue weighted by Crippen LogP contribution is 2.39. The van der Waals surface area contributed by atoms with Crippen molar-refractivity contribution in [3.63, 3.8) is 0 Å². The van der Waals surface area contributed by atoms with Gasteiger partial charge in [-0.3, -0.25) is 0 Å². The van der Waals surface area contributed by atoms with Gasteiger partial charge in [0.1, 0.15) is 5.60 Å². The lowest BCUT2D eigenvalue weighted by atomic mass is 10.0. The molecule has 0 aromatic carbocycles. The molecule has 104 valence electrons. The van der Waals surface area contributed by atoms with Gasteiger partial charge in [0, 0.05) is 6.04 Å². The van der Waals surface area contributed by atoms with Crippen molar-refractivity contribution < 1.29 is 17.9 Å². The summed E-state index contributed by atoms with van der Waals surface area (Å²) in [7, 11) is -2.83. The maximum absolute atomic E-state index is 11.6. The van der Waals surface area contributed by atoms with Crippen molar-refractivity contribution in [2.24, 2.45) is 11.8 Å². The molecule has 1 N–H and O–H groups in total. The third kappa shape index (κ3) is 3.37. The Morgan fingerprint density at radius 2 is 1.67 bits per heavy atom. The van der Waals surface area contributed by atoms with Crippen LogP contribution in [0, 0.1) is 11.8 Å². The molecule has 1 aliphatic carbocycles.